The number of piperidine rings is 1. The molecule has 2 aromatic carbocycles. The van der Waals surface area contributed by atoms with Crippen LogP contribution in [0.25, 0.3) is 0 Å². The third kappa shape index (κ3) is 8.05. The highest BCUT2D eigenvalue weighted by Gasteiger charge is 2.52. The molecule has 2 aromatic rings. The maximum Gasteiger partial charge on any atom is 0.304 e. The number of aliphatic carboxylic acids is 1. The lowest BCUT2D eigenvalue weighted by Gasteiger charge is -2.52. The number of carboxylic acid groups (broad SMARTS) is 1. The van der Waals surface area contributed by atoms with Crippen LogP contribution in [-0.2, 0) is 19.4 Å². The predicted molar refractivity (Wildman–Crippen MR) is 166 cm³/mol. The molecule has 1 fully saturated rings. The van der Waals surface area contributed by atoms with Gasteiger partial charge >= 0.3 is 5.97 Å². The Balaban J connectivity index is 2.18. The second kappa shape index (κ2) is 14.4. The predicted octanol–water partition coefficient (Wildman–Crippen LogP) is 8.08. The van der Waals surface area contributed by atoms with E-state index in [-0.39, 0.29) is 30.4 Å². The smallest absolute Gasteiger partial charge is 0.304 e. The van der Waals surface area contributed by atoms with E-state index in [0.29, 0.717) is 29.3 Å². The first-order valence-corrected chi connectivity index (χ1v) is 17.1. The highest BCUT2D eigenvalue weighted by Crippen LogP contribution is 2.52. The number of carboxylic acids is 1. The van der Waals surface area contributed by atoms with E-state index in [1.165, 1.54) is 0 Å². The minimum atomic E-state index is -3.55. The number of carbonyl (C=O) groups is 2. The molecule has 0 bridgehead atoms. The van der Waals surface area contributed by atoms with Crippen molar-refractivity contribution < 1.29 is 23.1 Å². The summed E-state index contributed by atoms with van der Waals surface area (Å²) in [6, 6.07) is 13.5. The zero-order valence-corrected chi connectivity index (χ0v) is 26.8. The molecule has 3 rings (SSSR count). The van der Waals surface area contributed by atoms with Crippen LogP contribution in [0.1, 0.15) is 102 Å². The Bertz CT molecular complexity index is 1300. The normalized spacial score (nSPS) is 22.9. The fraction of sp³-hybridized carbons (Fsp3) is 0.562. The van der Waals surface area contributed by atoms with Crippen molar-refractivity contribution in [2.24, 2.45) is 5.41 Å². The van der Waals surface area contributed by atoms with Gasteiger partial charge in [0.1, 0.15) is 0 Å². The van der Waals surface area contributed by atoms with Crippen molar-refractivity contribution >= 4 is 44.9 Å². The summed E-state index contributed by atoms with van der Waals surface area (Å²) in [4.78, 5) is 28.2. The number of unbranched alkanes of at least 4 members (excludes halogenated alkanes) is 2. The fourth-order valence-electron chi connectivity index (χ4n) is 6.34. The van der Waals surface area contributed by atoms with Crippen molar-refractivity contribution in [3.63, 3.8) is 0 Å². The summed E-state index contributed by atoms with van der Waals surface area (Å²) < 4.78 is 27.7. The molecule has 226 valence electrons. The lowest BCUT2D eigenvalue weighted by Crippen LogP contribution is -2.57. The third-order valence-electron chi connectivity index (χ3n) is 8.51. The minimum Gasteiger partial charge on any atom is -0.481 e. The van der Waals surface area contributed by atoms with Crippen molar-refractivity contribution in [3.05, 3.63) is 69.7 Å². The van der Waals surface area contributed by atoms with Gasteiger partial charge in [0.2, 0.25) is 5.91 Å². The van der Waals surface area contributed by atoms with Gasteiger partial charge in [-0.3, -0.25) is 9.59 Å². The first-order valence-electron chi connectivity index (χ1n) is 14.6. The van der Waals surface area contributed by atoms with Gasteiger partial charge in [0.25, 0.3) is 0 Å². The molecule has 41 heavy (non-hydrogen) atoms. The Labute approximate surface area is 255 Å². The molecule has 6 nitrogen and oxygen atoms in total. The Kier molecular flexibility index (Phi) is 11.7. The van der Waals surface area contributed by atoms with Crippen LogP contribution in [0.5, 0.6) is 0 Å². The van der Waals surface area contributed by atoms with E-state index >= 15 is 0 Å². The number of sulfone groups is 1. The van der Waals surface area contributed by atoms with Crippen LogP contribution in [0.2, 0.25) is 10.0 Å². The van der Waals surface area contributed by atoms with E-state index in [9.17, 15) is 23.1 Å². The van der Waals surface area contributed by atoms with E-state index in [4.69, 9.17) is 23.2 Å². The summed E-state index contributed by atoms with van der Waals surface area (Å²) in [5.74, 6) is -1.90. The molecular weight excluding hydrogens is 581 g/mol. The maximum absolute atomic E-state index is 14.4. The highest BCUT2D eigenvalue weighted by molar-refractivity contribution is 7.92. The Hall–Kier alpha value is -2.09. The van der Waals surface area contributed by atoms with Crippen LogP contribution in [-0.4, -0.2) is 47.3 Å². The molecule has 1 unspecified atom stereocenters. The molecule has 0 saturated carbocycles. The van der Waals surface area contributed by atoms with Crippen LogP contribution < -0.4 is 0 Å². The number of amides is 1. The van der Waals surface area contributed by atoms with Crippen molar-refractivity contribution in [3.8, 4) is 0 Å². The molecule has 1 amide bonds. The minimum absolute atomic E-state index is 0.171. The standard InChI is InChI=1S/C32H43Cl2NO5S/c1-5-8-9-13-27(7-3)41(39,40)21-26(6-2)35-30(22-14-16-24(33)17-15-22)28(23-11-10-12-25(34)18-23)19-32(4,31(35)38)20-29(36)37/h10-12,14-18,26-28,30H,5-9,13,19-21H2,1-4H3,(H,36,37)/t26?,27-,28+,30+,32+/m0/s1. The number of carbonyl (C=O) groups excluding carboxylic acids is 1. The molecule has 0 aromatic heterocycles. The summed E-state index contributed by atoms with van der Waals surface area (Å²) in [5.41, 5.74) is 0.454. The first kappa shape index (κ1) is 33.4. The maximum atomic E-state index is 14.4. The van der Waals surface area contributed by atoms with E-state index in [2.05, 4.69) is 6.92 Å². The van der Waals surface area contributed by atoms with Crippen molar-refractivity contribution in [1.82, 2.24) is 4.90 Å². The zero-order valence-electron chi connectivity index (χ0n) is 24.5. The average molecular weight is 625 g/mol. The van der Waals surface area contributed by atoms with Crippen LogP contribution >= 0.6 is 23.2 Å². The largest absolute Gasteiger partial charge is 0.481 e. The van der Waals surface area contributed by atoms with Gasteiger partial charge in [0.05, 0.1) is 28.9 Å². The van der Waals surface area contributed by atoms with E-state index < -0.39 is 38.6 Å². The number of halogens is 2. The fourth-order valence-corrected chi connectivity index (χ4v) is 8.90. The molecule has 0 spiro atoms. The molecule has 0 aliphatic carbocycles. The van der Waals surface area contributed by atoms with Gasteiger partial charge in [-0.05, 0) is 61.1 Å². The van der Waals surface area contributed by atoms with Gasteiger partial charge in [-0.25, -0.2) is 8.42 Å². The SMILES string of the molecule is CCCCC[C@H](CC)S(=O)(=O)CC(CC)N1C(=O)[C@@](C)(CC(=O)O)C[C@H](c2cccc(Cl)c2)[C@H]1c1ccc(Cl)cc1. The van der Waals surface area contributed by atoms with Crippen LogP contribution in [0.4, 0.5) is 0 Å². The quantitative estimate of drug-likeness (QED) is 0.215. The van der Waals surface area contributed by atoms with E-state index in [0.717, 1.165) is 30.4 Å². The first-order chi connectivity index (χ1) is 19.4. The summed E-state index contributed by atoms with van der Waals surface area (Å²) in [7, 11) is -3.55. The van der Waals surface area contributed by atoms with Crippen molar-refractivity contribution in [2.45, 2.75) is 102 Å². The highest BCUT2D eigenvalue weighted by atomic mass is 35.5. The number of rotatable bonds is 14. The van der Waals surface area contributed by atoms with Crippen molar-refractivity contribution in [2.75, 3.05) is 5.75 Å². The summed E-state index contributed by atoms with van der Waals surface area (Å²) >= 11 is 12.6. The summed E-state index contributed by atoms with van der Waals surface area (Å²) in [6.07, 6.45) is 4.26. The van der Waals surface area contributed by atoms with Crippen LogP contribution in [0, 0.1) is 5.41 Å². The lowest BCUT2D eigenvalue weighted by molar-refractivity contribution is -0.160. The van der Waals surface area contributed by atoms with Gasteiger partial charge in [0, 0.05) is 22.0 Å². The average Bonchev–Trinajstić information content (AvgIpc) is 2.91. The second-order valence-corrected chi connectivity index (χ2v) is 14.8. The Morgan fingerprint density at radius 1 is 1.02 bits per heavy atom. The lowest BCUT2D eigenvalue weighted by atomic mass is 9.67. The molecule has 1 heterocycles. The van der Waals surface area contributed by atoms with Gasteiger partial charge in [-0.1, -0.05) is 94.4 Å². The van der Waals surface area contributed by atoms with Gasteiger partial charge < -0.3 is 10.0 Å². The third-order valence-corrected chi connectivity index (χ3v) is 11.4. The van der Waals surface area contributed by atoms with Gasteiger partial charge in [-0.15, -0.1) is 0 Å². The number of likely N-dealkylation sites (tertiary alicyclic amines) is 1. The number of hydrogen-bond acceptors (Lipinski definition) is 4. The molecule has 9 heteroatoms. The van der Waals surface area contributed by atoms with E-state index in [1.807, 2.05) is 44.2 Å². The molecule has 1 aliphatic rings. The molecule has 0 radical (unpaired) electrons. The molecular formula is C32H43Cl2NO5S. The topological polar surface area (TPSA) is 91.8 Å². The summed E-state index contributed by atoms with van der Waals surface area (Å²) in [5, 5.41) is 10.4. The van der Waals surface area contributed by atoms with Crippen molar-refractivity contribution in [1.29, 1.82) is 0 Å². The van der Waals surface area contributed by atoms with Gasteiger partial charge in [0.15, 0.2) is 9.84 Å². The Morgan fingerprint density at radius 2 is 1.71 bits per heavy atom. The number of benzene rings is 2. The molecule has 5 atom stereocenters. The summed E-state index contributed by atoms with van der Waals surface area (Å²) in [6.45, 7) is 7.57. The van der Waals surface area contributed by atoms with Gasteiger partial charge in [-0.2, -0.15) is 0 Å². The zero-order chi connectivity index (χ0) is 30.4. The van der Waals surface area contributed by atoms with Crippen LogP contribution in [0.3, 0.4) is 0 Å². The monoisotopic (exact) mass is 623 g/mol. The van der Waals surface area contributed by atoms with E-state index in [1.54, 1.807) is 30.0 Å². The number of hydrogen-bond donors (Lipinski definition) is 1. The molecule has 1 saturated heterocycles. The second-order valence-electron chi connectivity index (χ2n) is 11.6. The van der Waals surface area contributed by atoms with Crippen LogP contribution in [0.15, 0.2) is 48.5 Å². The number of nitrogens with zero attached hydrogens (tertiary/aromatic N) is 1. The molecule has 1 N–H and O–H groups in total. The molecule has 1 aliphatic heterocycles. The Morgan fingerprint density at radius 3 is 2.27 bits per heavy atom.